The molecule has 0 bridgehead atoms. The maximum atomic E-state index is 12.7. The minimum atomic E-state index is 0.0922. The van der Waals surface area contributed by atoms with E-state index in [0.717, 1.165) is 24.6 Å². The van der Waals surface area contributed by atoms with Gasteiger partial charge in [-0.1, -0.05) is 158 Å². The molecule has 0 aliphatic heterocycles. The van der Waals surface area contributed by atoms with Gasteiger partial charge in [0.25, 0.3) is 0 Å². The maximum absolute atomic E-state index is 12.7. The van der Waals surface area contributed by atoms with Crippen LogP contribution in [-0.2, 0) is 9.53 Å². The average Bonchev–Trinajstić information content (AvgIpc) is 2.82. The Labute approximate surface area is 216 Å². The number of carbonyl (C=O) groups is 1. The molecule has 0 saturated carbocycles. The zero-order valence-corrected chi connectivity index (χ0v) is 24.2. The Kier molecular flexibility index (Phi) is 28.1. The summed E-state index contributed by atoms with van der Waals surface area (Å²) in [5, 5.41) is 1.09. The Morgan fingerprint density at radius 3 is 1.33 bits per heavy atom. The van der Waals surface area contributed by atoms with Crippen LogP contribution < -0.4 is 0 Å². The molecule has 0 spiro atoms. The van der Waals surface area contributed by atoms with Crippen molar-refractivity contribution in [1.29, 1.82) is 0 Å². The van der Waals surface area contributed by atoms with E-state index in [1.165, 1.54) is 135 Å². The third-order valence-corrected chi connectivity index (χ3v) is 7.48. The van der Waals surface area contributed by atoms with Crippen LogP contribution in [0.1, 0.15) is 168 Å². The summed E-state index contributed by atoms with van der Waals surface area (Å²) < 4.78 is 5.73. The van der Waals surface area contributed by atoms with Crippen LogP contribution in [0, 0.1) is 5.92 Å². The van der Waals surface area contributed by atoms with Gasteiger partial charge in [-0.25, -0.2) is 0 Å². The van der Waals surface area contributed by atoms with Crippen molar-refractivity contribution in [2.24, 2.45) is 5.92 Å². The second kappa shape index (κ2) is 28.2. The summed E-state index contributed by atoms with van der Waals surface area (Å²) in [5.41, 5.74) is 0. The standard InChI is InChI=1S/C30H59BrO2/c1-3-5-7-9-11-13-15-17-21-25-29(26-22-18-19-23-27-31)30(32)33-28-24-20-16-14-12-10-8-6-4-2/h29H,3-28H2,1-2H3. The second-order valence-corrected chi connectivity index (χ2v) is 11.0. The summed E-state index contributed by atoms with van der Waals surface area (Å²) in [6.07, 6.45) is 30.8. The fraction of sp³-hybridized carbons (Fsp3) is 0.967. The molecule has 0 aromatic heterocycles. The molecule has 33 heavy (non-hydrogen) atoms. The summed E-state index contributed by atoms with van der Waals surface area (Å²) in [4.78, 5) is 12.7. The molecule has 1 atom stereocenters. The highest BCUT2D eigenvalue weighted by Gasteiger charge is 2.19. The van der Waals surface area contributed by atoms with Gasteiger partial charge in [-0.2, -0.15) is 0 Å². The van der Waals surface area contributed by atoms with E-state index in [0.29, 0.717) is 6.61 Å². The van der Waals surface area contributed by atoms with Crippen LogP contribution in [0.25, 0.3) is 0 Å². The van der Waals surface area contributed by atoms with Crippen LogP contribution in [0.5, 0.6) is 0 Å². The highest BCUT2D eigenvalue weighted by molar-refractivity contribution is 9.09. The monoisotopic (exact) mass is 530 g/mol. The Morgan fingerprint density at radius 1 is 0.545 bits per heavy atom. The predicted molar refractivity (Wildman–Crippen MR) is 150 cm³/mol. The van der Waals surface area contributed by atoms with Gasteiger partial charge in [0.2, 0.25) is 0 Å². The number of carbonyl (C=O) groups excluding carboxylic acids is 1. The van der Waals surface area contributed by atoms with Crippen LogP contribution >= 0.6 is 15.9 Å². The fourth-order valence-electron chi connectivity index (χ4n) is 4.62. The van der Waals surface area contributed by atoms with Crippen LogP contribution in [0.2, 0.25) is 0 Å². The first-order valence-electron chi connectivity index (χ1n) is 15.0. The SMILES string of the molecule is CCCCCCCCCCCOC(=O)C(CCCCCCBr)CCCCCCCCCCC. The lowest BCUT2D eigenvalue weighted by molar-refractivity contribution is -0.149. The van der Waals surface area contributed by atoms with E-state index < -0.39 is 0 Å². The quantitative estimate of drug-likeness (QED) is 0.0598. The van der Waals surface area contributed by atoms with Gasteiger partial charge in [0.15, 0.2) is 0 Å². The highest BCUT2D eigenvalue weighted by atomic mass is 79.9. The first-order valence-corrected chi connectivity index (χ1v) is 16.1. The molecule has 198 valence electrons. The lowest BCUT2D eigenvalue weighted by atomic mass is 9.94. The smallest absolute Gasteiger partial charge is 0.308 e. The van der Waals surface area contributed by atoms with Gasteiger partial charge in [0, 0.05) is 5.33 Å². The molecule has 0 rings (SSSR count). The van der Waals surface area contributed by atoms with Crippen molar-refractivity contribution >= 4 is 21.9 Å². The van der Waals surface area contributed by atoms with Gasteiger partial charge in [0.1, 0.15) is 0 Å². The number of hydrogen-bond donors (Lipinski definition) is 0. The van der Waals surface area contributed by atoms with Crippen molar-refractivity contribution in [3.63, 3.8) is 0 Å². The Balaban J connectivity index is 3.94. The van der Waals surface area contributed by atoms with E-state index in [1.807, 2.05) is 0 Å². The number of ether oxygens (including phenoxy) is 1. The molecular formula is C30H59BrO2. The van der Waals surface area contributed by atoms with Crippen molar-refractivity contribution in [2.75, 3.05) is 11.9 Å². The number of rotatable bonds is 27. The second-order valence-electron chi connectivity index (χ2n) is 10.2. The Morgan fingerprint density at radius 2 is 0.909 bits per heavy atom. The maximum Gasteiger partial charge on any atom is 0.308 e. The molecule has 0 saturated heterocycles. The van der Waals surface area contributed by atoms with Crippen LogP contribution in [-0.4, -0.2) is 17.9 Å². The Bertz CT molecular complexity index is 385. The molecule has 3 heteroatoms. The van der Waals surface area contributed by atoms with Gasteiger partial charge in [-0.15, -0.1) is 0 Å². The van der Waals surface area contributed by atoms with Crippen LogP contribution in [0.4, 0.5) is 0 Å². The van der Waals surface area contributed by atoms with E-state index in [9.17, 15) is 4.79 Å². The molecule has 0 aliphatic rings. The van der Waals surface area contributed by atoms with E-state index in [2.05, 4.69) is 29.8 Å². The summed E-state index contributed by atoms with van der Waals surface area (Å²) in [5.74, 6) is 0.228. The molecule has 0 amide bonds. The number of alkyl halides is 1. The lowest BCUT2D eigenvalue weighted by Crippen LogP contribution is -2.18. The molecule has 0 aromatic carbocycles. The number of halogens is 1. The van der Waals surface area contributed by atoms with E-state index >= 15 is 0 Å². The molecule has 0 aliphatic carbocycles. The van der Waals surface area contributed by atoms with Crippen molar-refractivity contribution < 1.29 is 9.53 Å². The Hall–Kier alpha value is -0.0500. The first-order chi connectivity index (χ1) is 16.3. The molecule has 1 unspecified atom stereocenters. The van der Waals surface area contributed by atoms with E-state index in [-0.39, 0.29) is 11.9 Å². The summed E-state index contributed by atoms with van der Waals surface area (Å²) in [6, 6.07) is 0. The van der Waals surface area contributed by atoms with Crippen molar-refractivity contribution in [2.45, 2.75) is 168 Å². The van der Waals surface area contributed by atoms with Crippen molar-refractivity contribution in [1.82, 2.24) is 0 Å². The van der Waals surface area contributed by atoms with Crippen LogP contribution in [0.3, 0.4) is 0 Å². The van der Waals surface area contributed by atoms with Crippen molar-refractivity contribution in [3.8, 4) is 0 Å². The molecule has 0 fully saturated rings. The third kappa shape index (κ3) is 24.9. The molecule has 0 radical (unpaired) electrons. The predicted octanol–water partition coefficient (Wildman–Crippen LogP) is 10.9. The topological polar surface area (TPSA) is 26.3 Å². The average molecular weight is 532 g/mol. The number of esters is 1. The van der Waals surface area contributed by atoms with Gasteiger partial charge < -0.3 is 4.74 Å². The fourth-order valence-corrected chi connectivity index (χ4v) is 5.02. The van der Waals surface area contributed by atoms with E-state index in [1.54, 1.807) is 0 Å². The largest absolute Gasteiger partial charge is 0.465 e. The highest BCUT2D eigenvalue weighted by Crippen LogP contribution is 2.21. The number of unbranched alkanes of at least 4 members (excludes halogenated alkanes) is 19. The van der Waals surface area contributed by atoms with E-state index in [4.69, 9.17) is 4.74 Å². The van der Waals surface area contributed by atoms with Gasteiger partial charge >= 0.3 is 5.97 Å². The third-order valence-electron chi connectivity index (χ3n) is 6.92. The van der Waals surface area contributed by atoms with Crippen molar-refractivity contribution in [3.05, 3.63) is 0 Å². The summed E-state index contributed by atoms with van der Waals surface area (Å²) in [7, 11) is 0. The lowest BCUT2D eigenvalue weighted by Gasteiger charge is -2.16. The summed E-state index contributed by atoms with van der Waals surface area (Å²) in [6.45, 7) is 5.18. The molecule has 0 N–H and O–H groups in total. The zero-order valence-electron chi connectivity index (χ0n) is 22.7. The van der Waals surface area contributed by atoms with Gasteiger partial charge in [-0.05, 0) is 25.7 Å². The first kappa shape index (κ1) is 33.0. The van der Waals surface area contributed by atoms with Crippen LogP contribution in [0.15, 0.2) is 0 Å². The minimum absolute atomic E-state index is 0.0922. The molecule has 0 aromatic rings. The van der Waals surface area contributed by atoms with Gasteiger partial charge in [0.05, 0.1) is 12.5 Å². The molecule has 0 heterocycles. The van der Waals surface area contributed by atoms with Gasteiger partial charge in [-0.3, -0.25) is 4.79 Å². The normalized spacial score (nSPS) is 12.2. The number of hydrogen-bond acceptors (Lipinski definition) is 2. The zero-order chi connectivity index (χ0) is 24.2. The molecule has 2 nitrogen and oxygen atoms in total. The molecular weight excluding hydrogens is 472 g/mol. The summed E-state index contributed by atoms with van der Waals surface area (Å²) >= 11 is 3.52. The minimum Gasteiger partial charge on any atom is -0.465 e.